The maximum absolute atomic E-state index is 13.1. The molecule has 0 saturated heterocycles. The van der Waals surface area contributed by atoms with Gasteiger partial charge in [-0.15, -0.1) is 0 Å². The normalized spacial score (nSPS) is 11.6. The standard InChI is InChI=1S/C15H15BrFN3O4S/c1-18-14-6-5-12(8-15(14)20(21)22)25(23,24)19(2)9-10-3-4-11(17)7-13(10)16/h3-8,18H,9H2,1-2H3. The summed E-state index contributed by atoms with van der Waals surface area (Å²) in [6.07, 6.45) is 0. The van der Waals surface area contributed by atoms with Crippen LogP contribution in [-0.4, -0.2) is 31.7 Å². The Bertz CT molecular complexity index is 921. The second-order valence-electron chi connectivity index (χ2n) is 5.18. The third kappa shape index (κ3) is 4.14. The molecule has 0 fully saturated rings. The van der Waals surface area contributed by atoms with Crippen LogP contribution in [0.2, 0.25) is 0 Å². The van der Waals surface area contributed by atoms with Gasteiger partial charge in [-0.3, -0.25) is 10.1 Å². The van der Waals surface area contributed by atoms with E-state index in [0.29, 0.717) is 10.0 Å². The van der Waals surface area contributed by atoms with Crippen molar-refractivity contribution in [3.8, 4) is 0 Å². The first-order valence-corrected chi connectivity index (χ1v) is 9.26. The van der Waals surface area contributed by atoms with Crippen LogP contribution in [-0.2, 0) is 16.6 Å². The van der Waals surface area contributed by atoms with Crippen molar-refractivity contribution in [3.63, 3.8) is 0 Å². The second kappa shape index (κ2) is 7.46. The maximum Gasteiger partial charge on any atom is 0.293 e. The quantitative estimate of drug-likeness (QED) is 0.558. The van der Waals surface area contributed by atoms with Crippen molar-refractivity contribution in [1.29, 1.82) is 0 Å². The number of benzene rings is 2. The fourth-order valence-electron chi connectivity index (χ4n) is 2.19. The van der Waals surface area contributed by atoms with Gasteiger partial charge in [0.1, 0.15) is 11.5 Å². The first-order valence-electron chi connectivity index (χ1n) is 7.03. The van der Waals surface area contributed by atoms with Crippen LogP contribution in [0, 0.1) is 15.9 Å². The lowest BCUT2D eigenvalue weighted by Crippen LogP contribution is -2.26. The number of halogens is 2. The molecule has 0 bridgehead atoms. The summed E-state index contributed by atoms with van der Waals surface area (Å²) in [6, 6.07) is 7.59. The number of hydrogen-bond acceptors (Lipinski definition) is 5. The lowest BCUT2D eigenvalue weighted by atomic mass is 10.2. The summed E-state index contributed by atoms with van der Waals surface area (Å²) >= 11 is 3.19. The highest BCUT2D eigenvalue weighted by molar-refractivity contribution is 9.10. The van der Waals surface area contributed by atoms with E-state index >= 15 is 0 Å². The Hall–Kier alpha value is -2.04. The van der Waals surface area contributed by atoms with Crippen molar-refractivity contribution >= 4 is 37.3 Å². The van der Waals surface area contributed by atoms with Gasteiger partial charge in [0, 0.05) is 31.2 Å². The predicted octanol–water partition coefficient (Wildman–Crippen LogP) is 3.36. The number of anilines is 1. The Balaban J connectivity index is 2.37. The minimum absolute atomic E-state index is 0.0230. The molecular weight excluding hydrogens is 417 g/mol. The van der Waals surface area contributed by atoms with Crippen LogP contribution in [0.4, 0.5) is 15.8 Å². The van der Waals surface area contributed by atoms with E-state index in [1.807, 2.05) is 0 Å². The molecule has 1 N–H and O–H groups in total. The van der Waals surface area contributed by atoms with Gasteiger partial charge in [-0.2, -0.15) is 4.31 Å². The Labute approximate surface area is 152 Å². The van der Waals surface area contributed by atoms with Crippen LogP contribution >= 0.6 is 15.9 Å². The van der Waals surface area contributed by atoms with Crippen LogP contribution in [0.5, 0.6) is 0 Å². The first kappa shape index (κ1) is 19.3. The Morgan fingerprint density at radius 1 is 1.28 bits per heavy atom. The van der Waals surface area contributed by atoms with Gasteiger partial charge in [-0.05, 0) is 29.8 Å². The van der Waals surface area contributed by atoms with Crippen molar-refractivity contribution in [2.24, 2.45) is 0 Å². The second-order valence-corrected chi connectivity index (χ2v) is 8.08. The monoisotopic (exact) mass is 431 g/mol. The molecule has 25 heavy (non-hydrogen) atoms. The van der Waals surface area contributed by atoms with E-state index < -0.39 is 20.8 Å². The molecule has 0 atom stereocenters. The number of nitro benzene ring substituents is 1. The maximum atomic E-state index is 13.1. The van der Waals surface area contributed by atoms with Crippen LogP contribution in [0.1, 0.15) is 5.56 Å². The van der Waals surface area contributed by atoms with E-state index in [4.69, 9.17) is 0 Å². The topological polar surface area (TPSA) is 92.6 Å². The zero-order chi connectivity index (χ0) is 18.8. The molecule has 0 aliphatic rings. The lowest BCUT2D eigenvalue weighted by Gasteiger charge is -2.18. The van der Waals surface area contributed by atoms with Gasteiger partial charge in [-0.25, -0.2) is 12.8 Å². The van der Waals surface area contributed by atoms with E-state index in [0.717, 1.165) is 10.4 Å². The number of sulfonamides is 1. The molecule has 0 unspecified atom stereocenters. The van der Waals surface area contributed by atoms with E-state index in [1.54, 1.807) is 0 Å². The first-order chi connectivity index (χ1) is 11.7. The van der Waals surface area contributed by atoms with E-state index in [1.165, 1.54) is 44.4 Å². The summed E-state index contributed by atoms with van der Waals surface area (Å²) in [7, 11) is -1.10. The molecule has 0 aliphatic heterocycles. The highest BCUT2D eigenvalue weighted by Gasteiger charge is 2.25. The van der Waals surface area contributed by atoms with Crippen LogP contribution in [0.15, 0.2) is 45.8 Å². The van der Waals surface area contributed by atoms with Gasteiger partial charge >= 0.3 is 0 Å². The number of nitro groups is 1. The van der Waals surface area contributed by atoms with Crippen molar-refractivity contribution in [1.82, 2.24) is 4.31 Å². The predicted molar refractivity (Wildman–Crippen MR) is 95.4 cm³/mol. The highest BCUT2D eigenvalue weighted by Crippen LogP contribution is 2.29. The number of rotatable bonds is 6. The molecule has 0 spiro atoms. The zero-order valence-electron chi connectivity index (χ0n) is 13.4. The molecule has 0 heterocycles. The van der Waals surface area contributed by atoms with E-state index in [9.17, 15) is 22.9 Å². The van der Waals surface area contributed by atoms with Crippen LogP contribution in [0.25, 0.3) is 0 Å². The SMILES string of the molecule is CNc1ccc(S(=O)(=O)N(C)Cc2ccc(F)cc2Br)cc1[N+](=O)[O-]. The third-order valence-electron chi connectivity index (χ3n) is 3.55. The molecular formula is C15H15BrFN3O4S. The molecule has 0 saturated carbocycles. The summed E-state index contributed by atoms with van der Waals surface area (Å²) in [5.74, 6) is -0.445. The molecule has 2 aromatic carbocycles. The molecule has 7 nitrogen and oxygen atoms in total. The van der Waals surface area contributed by atoms with Crippen molar-refractivity contribution in [2.45, 2.75) is 11.4 Å². The average molecular weight is 432 g/mol. The fraction of sp³-hybridized carbons (Fsp3) is 0.200. The van der Waals surface area contributed by atoms with Crippen molar-refractivity contribution in [3.05, 3.63) is 62.4 Å². The summed E-state index contributed by atoms with van der Waals surface area (Å²) in [6.45, 7) is -0.0230. The molecule has 134 valence electrons. The summed E-state index contributed by atoms with van der Waals surface area (Å²) in [4.78, 5) is 10.3. The third-order valence-corrected chi connectivity index (χ3v) is 6.09. The smallest absolute Gasteiger partial charge is 0.293 e. The van der Waals surface area contributed by atoms with Crippen LogP contribution in [0.3, 0.4) is 0 Å². The Morgan fingerprint density at radius 2 is 1.96 bits per heavy atom. The Kier molecular flexibility index (Phi) is 5.76. The largest absolute Gasteiger partial charge is 0.383 e. The fourth-order valence-corrected chi connectivity index (χ4v) is 3.83. The van der Waals surface area contributed by atoms with Gasteiger partial charge < -0.3 is 5.32 Å². The molecule has 0 amide bonds. The average Bonchev–Trinajstić information content (AvgIpc) is 2.56. The summed E-state index contributed by atoms with van der Waals surface area (Å²) in [5.41, 5.74) is 0.446. The van der Waals surface area contributed by atoms with Gasteiger partial charge in [0.25, 0.3) is 5.69 Å². The molecule has 0 aromatic heterocycles. The van der Waals surface area contributed by atoms with Crippen molar-refractivity contribution < 1.29 is 17.7 Å². The Morgan fingerprint density at radius 3 is 2.52 bits per heavy atom. The van der Waals surface area contributed by atoms with Crippen molar-refractivity contribution in [2.75, 3.05) is 19.4 Å². The van der Waals surface area contributed by atoms with Gasteiger partial charge in [0.05, 0.1) is 9.82 Å². The minimum atomic E-state index is -3.96. The molecule has 2 rings (SSSR count). The molecule has 0 radical (unpaired) electrons. The van der Waals surface area contributed by atoms with Gasteiger partial charge in [-0.1, -0.05) is 22.0 Å². The number of nitrogens with zero attached hydrogens (tertiary/aromatic N) is 2. The van der Waals surface area contributed by atoms with Gasteiger partial charge in [0.2, 0.25) is 10.0 Å². The number of hydrogen-bond donors (Lipinski definition) is 1. The molecule has 0 aliphatic carbocycles. The van der Waals surface area contributed by atoms with E-state index in [2.05, 4.69) is 21.2 Å². The molecule has 10 heteroatoms. The van der Waals surface area contributed by atoms with Crippen LogP contribution < -0.4 is 5.32 Å². The number of nitrogens with one attached hydrogen (secondary N) is 1. The zero-order valence-corrected chi connectivity index (χ0v) is 15.8. The van der Waals surface area contributed by atoms with E-state index in [-0.39, 0.29) is 22.8 Å². The highest BCUT2D eigenvalue weighted by atomic mass is 79.9. The van der Waals surface area contributed by atoms with Gasteiger partial charge in [0.15, 0.2) is 0 Å². The summed E-state index contributed by atoms with van der Waals surface area (Å²) < 4.78 is 40.0. The lowest BCUT2D eigenvalue weighted by molar-refractivity contribution is -0.384. The molecule has 2 aromatic rings. The minimum Gasteiger partial charge on any atom is -0.383 e. The summed E-state index contributed by atoms with van der Waals surface area (Å²) in [5, 5.41) is 13.8.